The van der Waals surface area contributed by atoms with Gasteiger partial charge in [-0.15, -0.1) is 0 Å². The van der Waals surface area contributed by atoms with Gasteiger partial charge < -0.3 is 10.1 Å². The molecule has 0 aromatic heterocycles. The Balaban J connectivity index is 2.12. The number of hydrogen-bond donors (Lipinski definition) is 1. The lowest BCUT2D eigenvalue weighted by Gasteiger charge is -2.21. The molecule has 3 rings (SSSR count). The fourth-order valence-corrected chi connectivity index (χ4v) is 3.71. The molecule has 0 saturated carbocycles. The topological polar surface area (TPSA) is 21.3 Å². The third-order valence-corrected chi connectivity index (χ3v) is 4.41. The molecule has 0 amide bonds. The van der Waals surface area contributed by atoms with Crippen molar-refractivity contribution in [3.05, 3.63) is 62.6 Å². The summed E-state index contributed by atoms with van der Waals surface area (Å²) in [4.78, 5) is 0. The lowest BCUT2D eigenvalue weighted by molar-refractivity contribution is 0.351. The molecule has 0 saturated heterocycles. The monoisotopic (exact) mass is 345 g/mol. The van der Waals surface area contributed by atoms with E-state index in [-0.39, 0.29) is 6.04 Å². The number of halogens is 1. The Hall–Kier alpha value is -1.32. The Labute approximate surface area is 134 Å². The lowest BCUT2D eigenvalue weighted by Crippen LogP contribution is -2.18. The second-order valence-corrected chi connectivity index (χ2v) is 6.64. The Bertz CT molecular complexity index is 661. The van der Waals surface area contributed by atoms with Crippen molar-refractivity contribution in [1.82, 2.24) is 5.32 Å². The van der Waals surface area contributed by atoms with Crippen molar-refractivity contribution < 1.29 is 4.74 Å². The molecule has 2 aromatic rings. The molecule has 1 atom stereocenters. The van der Waals surface area contributed by atoms with E-state index in [1.165, 1.54) is 27.8 Å². The quantitative estimate of drug-likeness (QED) is 0.894. The van der Waals surface area contributed by atoms with Crippen molar-refractivity contribution >= 4 is 15.9 Å². The molecular formula is C18H20BrNO. The Morgan fingerprint density at radius 2 is 1.81 bits per heavy atom. The molecule has 21 heavy (non-hydrogen) atoms. The molecule has 1 aliphatic rings. The van der Waals surface area contributed by atoms with Gasteiger partial charge >= 0.3 is 0 Å². The standard InChI is InChI=1S/C18H20BrNO/c1-11-6-12(2)8-14(7-11)17(20-3)16-10-15(19)9-13-4-5-21-18(13)16/h6-10,17,20H,4-5H2,1-3H3. The molecule has 1 N–H and O–H groups in total. The molecule has 0 fully saturated rings. The van der Waals surface area contributed by atoms with Crippen LogP contribution < -0.4 is 10.1 Å². The summed E-state index contributed by atoms with van der Waals surface area (Å²) in [5, 5.41) is 3.45. The minimum Gasteiger partial charge on any atom is -0.493 e. The van der Waals surface area contributed by atoms with Crippen LogP contribution in [0.5, 0.6) is 5.75 Å². The van der Waals surface area contributed by atoms with Crippen molar-refractivity contribution in [2.75, 3.05) is 13.7 Å². The van der Waals surface area contributed by atoms with Gasteiger partial charge in [-0.05, 0) is 44.2 Å². The number of ether oxygens (including phenoxy) is 1. The molecule has 110 valence electrons. The first-order valence-corrected chi connectivity index (χ1v) is 8.08. The normalized spacial score (nSPS) is 14.7. The largest absolute Gasteiger partial charge is 0.493 e. The van der Waals surface area contributed by atoms with Gasteiger partial charge in [0.05, 0.1) is 12.6 Å². The molecule has 2 nitrogen and oxygen atoms in total. The number of fused-ring (bicyclic) bond motifs is 1. The van der Waals surface area contributed by atoms with E-state index in [1.54, 1.807) is 0 Å². The van der Waals surface area contributed by atoms with Crippen molar-refractivity contribution in [3.63, 3.8) is 0 Å². The van der Waals surface area contributed by atoms with E-state index in [0.717, 1.165) is 23.2 Å². The Morgan fingerprint density at radius 1 is 1.10 bits per heavy atom. The van der Waals surface area contributed by atoms with E-state index in [1.807, 2.05) is 7.05 Å². The predicted octanol–water partition coefficient (Wildman–Crippen LogP) is 4.31. The van der Waals surface area contributed by atoms with Crippen LogP contribution in [0.3, 0.4) is 0 Å². The third kappa shape index (κ3) is 2.85. The minimum absolute atomic E-state index is 0.146. The lowest BCUT2D eigenvalue weighted by atomic mass is 9.94. The van der Waals surface area contributed by atoms with E-state index in [2.05, 4.69) is 65.4 Å². The molecule has 0 radical (unpaired) electrons. The number of nitrogens with one attached hydrogen (secondary N) is 1. The third-order valence-electron chi connectivity index (χ3n) is 3.95. The van der Waals surface area contributed by atoms with Crippen molar-refractivity contribution in [2.45, 2.75) is 26.3 Å². The van der Waals surface area contributed by atoms with Gasteiger partial charge in [0.15, 0.2) is 0 Å². The summed E-state index contributed by atoms with van der Waals surface area (Å²) in [7, 11) is 2.00. The maximum atomic E-state index is 5.89. The highest BCUT2D eigenvalue weighted by atomic mass is 79.9. The van der Waals surface area contributed by atoms with Gasteiger partial charge in [-0.25, -0.2) is 0 Å². The highest BCUT2D eigenvalue weighted by molar-refractivity contribution is 9.10. The van der Waals surface area contributed by atoms with Gasteiger partial charge in [0.1, 0.15) is 5.75 Å². The van der Waals surface area contributed by atoms with Gasteiger partial charge in [0, 0.05) is 16.5 Å². The molecule has 2 aromatic carbocycles. The zero-order chi connectivity index (χ0) is 15.0. The first-order valence-electron chi connectivity index (χ1n) is 7.29. The predicted molar refractivity (Wildman–Crippen MR) is 90.2 cm³/mol. The number of benzene rings is 2. The van der Waals surface area contributed by atoms with Gasteiger partial charge in [-0.1, -0.05) is 45.3 Å². The van der Waals surface area contributed by atoms with E-state index < -0.39 is 0 Å². The van der Waals surface area contributed by atoms with Gasteiger partial charge in [0.25, 0.3) is 0 Å². The highest BCUT2D eigenvalue weighted by Gasteiger charge is 2.23. The second-order valence-electron chi connectivity index (χ2n) is 5.72. The number of rotatable bonds is 3. The molecular weight excluding hydrogens is 326 g/mol. The van der Waals surface area contributed by atoms with E-state index in [4.69, 9.17) is 4.74 Å². The Kier molecular flexibility index (Phi) is 4.05. The van der Waals surface area contributed by atoms with E-state index in [9.17, 15) is 0 Å². The van der Waals surface area contributed by atoms with Crippen molar-refractivity contribution in [3.8, 4) is 5.75 Å². The molecule has 3 heteroatoms. The molecule has 1 heterocycles. The molecule has 0 spiro atoms. The Morgan fingerprint density at radius 3 is 2.48 bits per heavy atom. The van der Waals surface area contributed by atoms with Crippen LogP contribution in [0.25, 0.3) is 0 Å². The van der Waals surface area contributed by atoms with Crippen LogP contribution in [0.2, 0.25) is 0 Å². The van der Waals surface area contributed by atoms with Crippen molar-refractivity contribution in [1.29, 1.82) is 0 Å². The maximum absolute atomic E-state index is 5.89. The van der Waals surface area contributed by atoms with Crippen LogP contribution >= 0.6 is 15.9 Å². The molecule has 0 aliphatic carbocycles. The second kappa shape index (κ2) is 5.82. The van der Waals surface area contributed by atoms with Crippen LogP contribution in [0.15, 0.2) is 34.8 Å². The maximum Gasteiger partial charge on any atom is 0.127 e. The average molecular weight is 346 g/mol. The summed E-state index contributed by atoms with van der Waals surface area (Å²) < 4.78 is 7.01. The van der Waals surface area contributed by atoms with Gasteiger partial charge in [-0.2, -0.15) is 0 Å². The SMILES string of the molecule is CNC(c1cc(C)cc(C)c1)c1cc(Br)cc2c1OCC2. The van der Waals surface area contributed by atoms with E-state index in [0.29, 0.717) is 0 Å². The van der Waals surface area contributed by atoms with E-state index >= 15 is 0 Å². The highest BCUT2D eigenvalue weighted by Crippen LogP contribution is 2.38. The van der Waals surface area contributed by atoms with Crippen LogP contribution in [0.4, 0.5) is 0 Å². The van der Waals surface area contributed by atoms with Crippen LogP contribution in [-0.4, -0.2) is 13.7 Å². The first kappa shape index (κ1) is 14.6. The van der Waals surface area contributed by atoms with Gasteiger partial charge in [-0.3, -0.25) is 0 Å². The zero-order valence-corrected chi connectivity index (χ0v) is 14.3. The number of aryl methyl sites for hydroxylation is 2. The summed E-state index contributed by atoms with van der Waals surface area (Å²) in [5.74, 6) is 1.05. The zero-order valence-electron chi connectivity index (χ0n) is 12.7. The molecule has 0 bridgehead atoms. The summed E-state index contributed by atoms with van der Waals surface area (Å²) in [6, 6.07) is 11.2. The molecule has 1 unspecified atom stereocenters. The average Bonchev–Trinajstić information content (AvgIpc) is 2.86. The van der Waals surface area contributed by atoms with Crippen molar-refractivity contribution in [2.24, 2.45) is 0 Å². The van der Waals surface area contributed by atoms with Crippen LogP contribution in [0, 0.1) is 13.8 Å². The first-order chi connectivity index (χ1) is 10.1. The molecule has 1 aliphatic heterocycles. The summed E-state index contributed by atoms with van der Waals surface area (Å²) >= 11 is 3.63. The fourth-order valence-electron chi connectivity index (χ4n) is 3.19. The smallest absolute Gasteiger partial charge is 0.127 e. The van der Waals surface area contributed by atoms with Gasteiger partial charge in [0.2, 0.25) is 0 Å². The minimum atomic E-state index is 0.146. The van der Waals surface area contributed by atoms with Crippen LogP contribution in [-0.2, 0) is 6.42 Å². The van der Waals surface area contributed by atoms with Crippen LogP contribution in [0.1, 0.15) is 33.9 Å². The summed E-state index contributed by atoms with van der Waals surface area (Å²) in [5.41, 5.74) is 6.37. The summed E-state index contributed by atoms with van der Waals surface area (Å²) in [6.45, 7) is 5.07. The summed E-state index contributed by atoms with van der Waals surface area (Å²) in [6.07, 6.45) is 0.991. The fraction of sp³-hybridized carbons (Fsp3) is 0.333. The number of hydrogen-bond acceptors (Lipinski definition) is 2.